The Kier molecular flexibility index (Phi) is 4.83. The van der Waals surface area contributed by atoms with E-state index in [1.807, 2.05) is 41.8 Å². The van der Waals surface area contributed by atoms with Gasteiger partial charge in [0.25, 0.3) is 5.56 Å². The molecule has 1 saturated heterocycles. The second-order valence-corrected chi connectivity index (χ2v) is 7.69. The van der Waals surface area contributed by atoms with Crippen LogP contribution in [0, 0.1) is 12.8 Å². The maximum absolute atomic E-state index is 12.1. The summed E-state index contributed by atoms with van der Waals surface area (Å²) in [5, 5.41) is 10.4. The lowest BCUT2D eigenvalue weighted by Gasteiger charge is -2.43. The molecule has 5 nitrogen and oxygen atoms in total. The second kappa shape index (κ2) is 7.25. The van der Waals surface area contributed by atoms with Crippen LogP contribution in [0.1, 0.15) is 23.6 Å². The molecule has 4 rings (SSSR count). The van der Waals surface area contributed by atoms with Crippen LogP contribution in [0.2, 0.25) is 0 Å². The van der Waals surface area contributed by atoms with Crippen molar-refractivity contribution in [1.29, 1.82) is 0 Å². The lowest BCUT2D eigenvalue weighted by molar-refractivity contribution is 0.0384. The first-order valence-electron chi connectivity index (χ1n) is 9.38. The number of ether oxygens (including phenoxy) is 1. The Bertz CT molecular complexity index is 815. The molecule has 0 aliphatic carbocycles. The molecule has 0 radical (unpaired) electrons. The molecule has 5 heteroatoms. The minimum Gasteiger partial charge on any atom is -0.491 e. The number of nitrogens with zero attached hydrogens (tertiary/aromatic N) is 2. The Labute approximate surface area is 153 Å². The Morgan fingerprint density at radius 2 is 1.96 bits per heavy atom. The van der Waals surface area contributed by atoms with Gasteiger partial charge in [-0.15, -0.1) is 0 Å². The predicted molar refractivity (Wildman–Crippen MR) is 101 cm³/mol. The summed E-state index contributed by atoms with van der Waals surface area (Å²) in [6.45, 7) is 5.55. The van der Waals surface area contributed by atoms with E-state index in [9.17, 15) is 9.90 Å². The standard InChI is InChI=1S/C21H26N2O3/c1-15-5-7-19(8-6-15)26-14-18(24)13-22-10-16-9-17(12-22)20-3-2-4-21(25)23(20)11-16/h2-8,16-18,24H,9-14H2,1H3/t16-,17+,18+/m0/s1. The molecular formula is C21H26N2O3. The Morgan fingerprint density at radius 1 is 1.15 bits per heavy atom. The van der Waals surface area contributed by atoms with Gasteiger partial charge >= 0.3 is 0 Å². The Hall–Kier alpha value is -2.11. The van der Waals surface area contributed by atoms with Crippen LogP contribution in [-0.4, -0.2) is 46.9 Å². The molecule has 1 N–H and O–H groups in total. The summed E-state index contributed by atoms with van der Waals surface area (Å²) >= 11 is 0. The number of hydrogen-bond acceptors (Lipinski definition) is 4. The van der Waals surface area contributed by atoms with Gasteiger partial charge in [-0.25, -0.2) is 0 Å². The fraction of sp³-hybridized carbons (Fsp3) is 0.476. The van der Waals surface area contributed by atoms with Crippen molar-refractivity contribution in [3.05, 3.63) is 64.1 Å². The van der Waals surface area contributed by atoms with Crippen LogP contribution >= 0.6 is 0 Å². The van der Waals surface area contributed by atoms with Crippen molar-refractivity contribution in [2.45, 2.75) is 31.9 Å². The maximum atomic E-state index is 12.1. The Balaban J connectivity index is 1.35. The second-order valence-electron chi connectivity index (χ2n) is 7.69. The number of fused-ring (bicyclic) bond motifs is 4. The van der Waals surface area contributed by atoms with Gasteiger partial charge in [0.15, 0.2) is 0 Å². The van der Waals surface area contributed by atoms with Crippen LogP contribution in [0.3, 0.4) is 0 Å². The van der Waals surface area contributed by atoms with E-state index < -0.39 is 6.10 Å². The number of hydrogen-bond donors (Lipinski definition) is 1. The maximum Gasteiger partial charge on any atom is 0.250 e. The number of β-amino-alcohol motifs (C(OH)–C–C–N with tert-alkyl or cyclic N) is 1. The van der Waals surface area contributed by atoms with Gasteiger partial charge in [-0.2, -0.15) is 0 Å². The lowest BCUT2D eigenvalue weighted by atomic mass is 9.83. The molecule has 1 aromatic carbocycles. The van der Waals surface area contributed by atoms with Crippen molar-refractivity contribution >= 4 is 0 Å². The van der Waals surface area contributed by atoms with Crippen molar-refractivity contribution in [2.24, 2.45) is 5.92 Å². The number of aromatic nitrogens is 1. The van der Waals surface area contributed by atoms with E-state index >= 15 is 0 Å². The van der Waals surface area contributed by atoms with E-state index in [1.54, 1.807) is 6.07 Å². The molecule has 3 heterocycles. The van der Waals surface area contributed by atoms with E-state index in [0.717, 1.165) is 37.5 Å². The molecule has 2 aliphatic heterocycles. The smallest absolute Gasteiger partial charge is 0.250 e. The van der Waals surface area contributed by atoms with Crippen LogP contribution in [0.15, 0.2) is 47.3 Å². The van der Waals surface area contributed by atoms with Crippen LogP contribution in [0.25, 0.3) is 0 Å². The van der Waals surface area contributed by atoms with Gasteiger partial charge in [-0.3, -0.25) is 9.69 Å². The van der Waals surface area contributed by atoms with Gasteiger partial charge in [0.05, 0.1) is 0 Å². The molecule has 2 aromatic rings. The largest absolute Gasteiger partial charge is 0.491 e. The van der Waals surface area contributed by atoms with Gasteiger partial charge in [0.1, 0.15) is 18.5 Å². The van der Waals surface area contributed by atoms with Crippen molar-refractivity contribution in [3.8, 4) is 5.75 Å². The minimum absolute atomic E-state index is 0.109. The third kappa shape index (κ3) is 3.69. The van der Waals surface area contributed by atoms with Crippen molar-refractivity contribution < 1.29 is 9.84 Å². The average Bonchev–Trinajstić information content (AvgIpc) is 2.62. The molecule has 2 aliphatic rings. The zero-order valence-corrected chi connectivity index (χ0v) is 15.2. The van der Waals surface area contributed by atoms with Gasteiger partial charge in [-0.1, -0.05) is 23.8 Å². The van der Waals surface area contributed by atoms with Gasteiger partial charge in [-0.05, 0) is 37.5 Å². The summed E-state index contributed by atoms with van der Waals surface area (Å²) in [4.78, 5) is 14.4. The molecule has 1 fully saturated rings. The van der Waals surface area contributed by atoms with E-state index in [1.165, 1.54) is 5.56 Å². The third-order valence-electron chi connectivity index (χ3n) is 5.49. The molecule has 0 amide bonds. The highest BCUT2D eigenvalue weighted by atomic mass is 16.5. The van der Waals surface area contributed by atoms with Crippen LogP contribution < -0.4 is 10.3 Å². The van der Waals surface area contributed by atoms with Crippen LogP contribution in [-0.2, 0) is 6.54 Å². The first-order chi connectivity index (χ1) is 12.6. The molecule has 26 heavy (non-hydrogen) atoms. The van der Waals surface area contributed by atoms with Crippen LogP contribution in [0.4, 0.5) is 0 Å². The van der Waals surface area contributed by atoms with Gasteiger partial charge in [0.2, 0.25) is 0 Å². The zero-order valence-electron chi connectivity index (χ0n) is 15.2. The first-order valence-corrected chi connectivity index (χ1v) is 9.38. The molecule has 2 bridgehead atoms. The number of aliphatic hydroxyl groups is 1. The van der Waals surface area contributed by atoms with E-state index in [-0.39, 0.29) is 5.56 Å². The molecule has 138 valence electrons. The predicted octanol–water partition coefficient (Wildman–Crippen LogP) is 2.02. The molecule has 1 aromatic heterocycles. The van der Waals surface area contributed by atoms with E-state index in [4.69, 9.17) is 4.74 Å². The summed E-state index contributed by atoms with van der Waals surface area (Å²) in [5.74, 6) is 1.65. The fourth-order valence-electron chi connectivity index (χ4n) is 4.32. The van der Waals surface area contributed by atoms with Crippen molar-refractivity contribution in [2.75, 3.05) is 26.2 Å². The molecule has 0 unspecified atom stereocenters. The fourth-order valence-corrected chi connectivity index (χ4v) is 4.32. The quantitative estimate of drug-likeness (QED) is 0.893. The lowest BCUT2D eigenvalue weighted by Crippen LogP contribution is -2.49. The first kappa shape index (κ1) is 17.3. The highest BCUT2D eigenvalue weighted by Gasteiger charge is 2.34. The summed E-state index contributed by atoms with van der Waals surface area (Å²) in [6, 6.07) is 13.5. The number of benzene rings is 1. The van der Waals surface area contributed by atoms with Gasteiger partial charge in [0, 0.05) is 43.9 Å². The number of piperidine rings is 1. The average molecular weight is 354 g/mol. The number of aryl methyl sites for hydroxylation is 1. The van der Waals surface area contributed by atoms with E-state index in [2.05, 4.69) is 11.0 Å². The monoisotopic (exact) mass is 354 g/mol. The summed E-state index contributed by atoms with van der Waals surface area (Å²) in [6.07, 6.45) is 0.615. The number of pyridine rings is 1. The molecule has 3 atom stereocenters. The summed E-state index contributed by atoms with van der Waals surface area (Å²) in [7, 11) is 0. The summed E-state index contributed by atoms with van der Waals surface area (Å²) in [5.41, 5.74) is 2.44. The minimum atomic E-state index is -0.520. The molecule has 0 saturated carbocycles. The molecular weight excluding hydrogens is 328 g/mol. The number of rotatable bonds is 5. The Morgan fingerprint density at radius 3 is 2.77 bits per heavy atom. The van der Waals surface area contributed by atoms with Crippen molar-refractivity contribution in [3.63, 3.8) is 0 Å². The highest BCUT2D eigenvalue weighted by Crippen LogP contribution is 2.34. The zero-order chi connectivity index (χ0) is 18.1. The highest BCUT2D eigenvalue weighted by molar-refractivity contribution is 5.26. The molecule has 0 spiro atoms. The summed E-state index contributed by atoms with van der Waals surface area (Å²) < 4.78 is 7.65. The normalized spacial score (nSPS) is 23.3. The SMILES string of the molecule is Cc1ccc(OC[C@H](O)CN2C[C@@H]3C[C@H](C2)c2cccc(=O)n2C3)cc1. The van der Waals surface area contributed by atoms with Crippen molar-refractivity contribution in [1.82, 2.24) is 9.47 Å². The number of likely N-dealkylation sites (tertiary alicyclic amines) is 1. The third-order valence-corrected chi connectivity index (χ3v) is 5.49. The van der Waals surface area contributed by atoms with Crippen LogP contribution in [0.5, 0.6) is 5.75 Å². The topological polar surface area (TPSA) is 54.7 Å². The number of aliphatic hydroxyl groups excluding tert-OH is 1. The van der Waals surface area contributed by atoms with E-state index in [0.29, 0.717) is 25.0 Å². The van der Waals surface area contributed by atoms with Gasteiger partial charge < -0.3 is 14.4 Å².